The second-order valence-corrected chi connectivity index (χ2v) is 7.69. The van der Waals surface area contributed by atoms with Crippen molar-refractivity contribution >= 4 is 21.7 Å². The average molecular weight is 615 g/mol. The first-order valence-electron chi connectivity index (χ1n) is 10.8. The summed E-state index contributed by atoms with van der Waals surface area (Å²) in [6.07, 6.45) is 3.81. The Morgan fingerprint density at radius 1 is 0.676 bits per heavy atom. The Kier molecular flexibility index (Phi) is 7.49. The van der Waals surface area contributed by atoms with E-state index in [2.05, 4.69) is 84.8 Å². The van der Waals surface area contributed by atoms with Crippen molar-refractivity contribution in [3.63, 3.8) is 0 Å². The molecule has 0 aliphatic heterocycles. The summed E-state index contributed by atoms with van der Waals surface area (Å²) >= 11 is 0. The Hall–Kier alpha value is -3.78. The molecule has 2 heterocycles. The van der Waals surface area contributed by atoms with E-state index in [1.54, 1.807) is 0 Å². The van der Waals surface area contributed by atoms with Gasteiger partial charge in [0, 0.05) is 13.2 Å². The van der Waals surface area contributed by atoms with E-state index in [0.717, 1.165) is 22.2 Å². The van der Waals surface area contributed by atoms with Crippen LogP contribution in [0.4, 0.5) is 0 Å². The van der Waals surface area contributed by atoms with Crippen molar-refractivity contribution in [3.8, 4) is 22.4 Å². The minimum absolute atomic E-state index is 0. The largest absolute Gasteiger partial charge is 3.00 e. The van der Waals surface area contributed by atoms with Crippen LogP contribution in [-0.4, -0.2) is 4.98 Å². The molecular formula is C31H22IrN2+. The van der Waals surface area contributed by atoms with Gasteiger partial charge in [0.1, 0.15) is 5.69 Å². The van der Waals surface area contributed by atoms with Crippen LogP contribution in [0.1, 0.15) is 0 Å². The van der Waals surface area contributed by atoms with Gasteiger partial charge in [-0.1, -0.05) is 54.1 Å². The molecule has 3 heteroatoms. The number of rotatable bonds is 2. The van der Waals surface area contributed by atoms with Crippen LogP contribution in [0.25, 0.3) is 44.1 Å². The van der Waals surface area contributed by atoms with Crippen molar-refractivity contribution in [2.24, 2.45) is 0 Å². The summed E-state index contributed by atoms with van der Waals surface area (Å²) in [6, 6.07) is 43.2. The molecule has 6 rings (SSSR count). The van der Waals surface area contributed by atoms with Crippen LogP contribution in [-0.2, 0) is 20.1 Å². The van der Waals surface area contributed by atoms with Crippen LogP contribution in [0.2, 0.25) is 0 Å². The molecule has 2 aromatic heterocycles. The third-order valence-corrected chi connectivity index (χ3v) is 5.53. The molecule has 0 spiro atoms. The first-order valence-corrected chi connectivity index (χ1v) is 10.8. The summed E-state index contributed by atoms with van der Waals surface area (Å²) in [4.78, 5) is 4.38. The normalized spacial score (nSPS) is 10.2. The van der Waals surface area contributed by atoms with Gasteiger partial charge in [-0.15, -0.1) is 65.4 Å². The van der Waals surface area contributed by atoms with Crippen molar-refractivity contribution in [2.45, 2.75) is 0 Å². The Morgan fingerprint density at radius 2 is 1.44 bits per heavy atom. The molecule has 0 fully saturated rings. The van der Waals surface area contributed by atoms with Gasteiger partial charge in [-0.2, -0.15) is 0 Å². The van der Waals surface area contributed by atoms with Gasteiger partial charge in [-0.05, 0) is 40.2 Å². The summed E-state index contributed by atoms with van der Waals surface area (Å²) in [7, 11) is 4.03. The zero-order chi connectivity index (χ0) is 22.5. The first-order chi connectivity index (χ1) is 16.3. The fourth-order valence-electron chi connectivity index (χ4n) is 3.86. The number of fused-ring (bicyclic) bond motifs is 3. The van der Waals surface area contributed by atoms with Crippen LogP contribution >= 0.6 is 0 Å². The molecule has 0 saturated heterocycles. The SMILES string of the molecule is [CH2-][n+]1ccc(-c2ccccc2)cc1-c1[c-]cccc1.[Ir+3].[c-]1cccc2ccc3cccnc3c12. The second kappa shape index (κ2) is 10.9. The van der Waals surface area contributed by atoms with E-state index in [1.807, 2.05) is 65.5 Å². The predicted molar refractivity (Wildman–Crippen MR) is 135 cm³/mol. The van der Waals surface area contributed by atoms with E-state index < -0.39 is 0 Å². The Bertz CT molecular complexity index is 1460. The number of hydrogen-bond donors (Lipinski definition) is 0. The van der Waals surface area contributed by atoms with Crippen molar-refractivity contribution in [1.82, 2.24) is 4.98 Å². The van der Waals surface area contributed by atoms with Crippen molar-refractivity contribution in [1.29, 1.82) is 0 Å². The summed E-state index contributed by atoms with van der Waals surface area (Å²) < 4.78 is 1.87. The maximum atomic E-state index is 4.38. The molecule has 0 aliphatic carbocycles. The maximum Gasteiger partial charge on any atom is 3.00 e. The third-order valence-electron chi connectivity index (χ3n) is 5.53. The molecule has 2 nitrogen and oxygen atoms in total. The van der Waals surface area contributed by atoms with E-state index >= 15 is 0 Å². The molecule has 0 amide bonds. The Labute approximate surface area is 213 Å². The Morgan fingerprint density at radius 3 is 2.26 bits per heavy atom. The molecular weight excluding hydrogens is 593 g/mol. The first kappa shape index (κ1) is 23.4. The molecule has 0 unspecified atom stereocenters. The van der Waals surface area contributed by atoms with E-state index in [1.165, 1.54) is 21.9 Å². The number of hydrogen-bond acceptors (Lipinski definition) is 1. The van der Waals surface area contributed by atoms with Crippen LogP contribution < -0.4 is 4.57 Å². The average Bonchev–Trinajstić information content (AvgIpc) is 2.90. The maximum absolute atomic E-state index is 4.38. The summed E-state index contributed by atoms with van der Waals surface area (Å²) in [5, 5.41) is 3.46. The van der Waals surface area contributed by atoms with Gasteiger partial charge in [-0.3, -0.25) is 0 Å². The van der Waals surface area contributed by atoms with Crippen molar-refractivity contribution in [2.75, 3.05) is 0 Å². The van der Waals surface area contributed by atoms with E-state index in [9.17, 15) is 0 Å². The number of pyridine rings is 2. The topological polar surface area (TPSA) is 16.8 Å². The quantitative estimate of drug-likeness (QED) is 0.117. The monoisotopic (exact) mass is 615 g/mol. The van der Waals surface area contributed by atoms with Gasteiger partial charge in [0.25, 0.3) is 0 Å². The molecule has 0 N–H and O–H groups in total. The van der Waals surface area contributed by atoms with Gasteiger partial charge in [0.15, 0.2) is 0 Å². The summed E-state index contributed by atoms with van der Waals surface area (Å²) in [6.45, 7) is 0. The smallest absolute Gasteiger partial charge is 0.321 e. The Balaban J connectivity index is 0.000000163. The van der Waals surface area contributed by atoms with Crippen LogP contribution in [0.5, 0.6) is 0 Å². The minimum atomic E-state index is 0. The van der Waals surface area contributed by atoms with Gasteiger partial charge in [-0.25, -0.2) is 0 Å². The predicted octanol–water partition coefficient (Wildman–Crippen LogP) is 6.93. The molecule has 0 aliphatic rings. The zero-order valence-electron chi connectivity index (χ0n) is 18.5. The van der Waals surface area contributed by atoms with E-state index in [4.69, 9.17) is 0 Å². The summed E-state index contributed by atoms with van der Waals surface area (Å²) in [5.41, 5.74) is 5.54. The summed E-state index contributed by atoms with van der Waals surface area (Å²) in [5.74, 6) is 0. The number of benzene rings is 4. The number of nitrogens with zero attached hydrogens (tertiary/aromatic N) is 2. The molecule has 34 heavy (non-hydrogen) atoms. The third kappa shape index (κ3) is 5.07. The van der Waals surface area contributed by atoms with Gasteiger partial charge < -0.3 is 9.55 Å². The fraction of sp³-hybridized carbons (Fsp3) is 0. The molecule has 0 saturated carbocycles. The van der Waals surface area contributed by atoms with E-state index in [0.29, 0.717) is 0 Å². The van der Waals surface area contributed by atoms with Crippen LogP contribution in [0.3, 0.4) is 0 Å². The fourth-order valence-corrected chi connectivity index (χ4v) is 3.86. The zero-order valence-corrected chi connectivity index (χ0v) is 20.9. The van der Waals surface area contributed by atoms with Crippen LogP contribution in [0.15, 0.2) is 122 Å². The van der Waals surface area contributed by atoms with E-state index in [-0.39, 0.29) is 20.1 Å². The number of aromatic nitrogens is 2. The molecule has 4 aromatic carbocycles. The van der Waals surface area contributed by atoms with Gasteiger partial charge in [0.2, 0.25) is 0 Å². The van der Waals surface area contributed by atoms with Gasteiger partial charge in [0.05, 0.1) is 6.20 Å². The minimum Gasteiger partial charge on any atom is -0.321 e. The molecule has 0 bridgehead atoms. The molecule has 6 aromatic rings. The molecule has 0 radical (unpaired) electrons. The van der Waals surface area contributed by atoms with Crippen molar-refractivity contribution < 1.29 is 24.7 Å². The standard InChI is InChI=1S/C18H14N.C13H8N.Ir/c1-19-13-12-17(15-8-4-2-5-9-15)14-18(19)16-10-6-3-7-11-16;1-2-6-12-10(4-1)7-8-11-5-3-9-14-13(11)12;/h2-10,12-14H,1H2;1-5,7-9H;/q2*-1;+3. The molecule has 164 valence electrons. The second-order valence-electron chi connectivity index (χ2n) is 7.69. The van der Waals surface area contributed by atoms with Crippen LogP contribution in [0, 0.1) is 19.2 Å². The molecule has 0 atom stereocenters. The van der Waals surface area contributed by atoms with Gasteiger partial charge >= 0.3 is 20.1 Å². The van der Waals surface area contributed by atoms with Crippen molar-refractivity contribution in [3.05, 3.63) is 141 Å².